The first-order valence-corrected chi connectivity index (χ1v) is 6.92. The molecule has 7 nitrogen and oxygen atoms in total. The summed E-state index contributed by atoms with van der Waals surface area (Å²) in [5.74, 6) is -0.971. The number of aliphatic carboxylic acids is 1. The zero-order valence-electron chi connectivity index (χ0n) is 12.1. The van der Waals surface area contributed by atoms with Crippen LogP contribution in [0.15, 0.2) is 0 Å². The summed E-state index contributed by atoms with van der Waals surface area (Å²) in [4.78, 5) is 35.5. The minimum Gasteiger partial charge on any atom is -0.481 e. The smallest absolute Gasteiger partial charge is 0.317 e. The Hall–Kier alpha value is -1.79. The van der Waals surface area contributed by atoms with Crippen LogP contribution in [0, 0.1) is 5.41 Å². The lowest BCUT2D eigenvalue weighted by Gasteiger charge is -2.24. The Morgan fingerprint density at radius 3 is 2.45 bits per heavy atom. The van der Waals surface area contributed by atoms with Crippen molar-refractivity contribution in [1.29, 1.82) is 0 Å². The molecule has 114 valence electrons. The lowest BCUT2D eigenvalue weighted by Crippen LogP contribution is -2.43. The van der Waals surface area contributed by atoms with Crippen molar-refractivity contribution in [3.63, 3.8) is 0 Å². The van der Waals surface area contributed by atoms with E-state index in [0.29, 0.717) is 32.5 Å². The average molecular weight is 285 g/mol. The van der Waals surface area contributed by atoms with Gasteiger partial charge in [-0.3, -0.25) is 9.59 Å². The van der Waals surface area contributed by atoms with Crippen LogP contribution in [0.1, 0.15) is 33.1 Å². The first-order chi connectivity index (χ1) is 9.41. The molecule has 0 aromatic rings. The van der Waals surface area contributed by atoms with Crippen molar-refractivity contribution in [2.45, 2.75) is 33.1 Å². The number of nitrogens with zero attached hydrogens (tertiary/aromatic N) is 1. The Morgan fingerprint density at radius 2 is 1.90 bits per heavy atom. The number of carbonyl (C=O) groups excluding carboxylic acids is 2. The first-order valence-electron chi connectivity index (χ1n) is 6.92. The Labute approximate surface area is 118 Å². The zero-order chi connectivity index (χ0) is 15.2. The van der Waals surface area contributed by atoms with E-state index in [-0.39, 0.29) is 18.5 Å². The highest BCUT2D eigenvalue weighted by Crippen LogP contribution is 2.35. The molecular weight excluding hydrogens is 262 g/mol. The van der Waals surface area contributed by atoms with Crippen LogP contribution in [0.25, 0.3) is 0 Å². The summed E-state index contributed by atoms with van der Waals surface area (Å²) in [6, 6.07) is -0.269. The highest BCUT2D eigenvalue weighted by atomic mass is 16.4. The van der Waals surface area contributed by atoms with E-state index in [9.17, 15) is 19.5 Å². The highest BCUT2D eigenvalue weighted by Gasteiger charge is 2.45. The van der Waals surface area contributed by atoms with Crippen molar-refractivity contribution in [3.05, 3.63) is 0 Å². The number of urea groups is 1. The summed E-state index contributed by atoms with van der Waals surface area (Å²) in [6.07, 6.45) is 1.86. The van der Waals surface area contributed by atoms with Gasteiger partial charge in [-0.25, -0.2) is 4.79 Å². The van der Waals surface area contributed by atoms with E-state index in [0.717, 1.165) is 6.42 Å². The van der Waals surface area contributed by atoms with Crippen LogP contribution in [0.2, 0.25) is 0 Å². The normalized spacial score (nSPS) is 21.6. The fourth-order valence-electron chi connectivity index (χ4n) is 2.53. The fraction of sp³-hybridized carbons (Fsp3) is 0.769. The van der Waals surface area contributed by atoms with Gasteiger partial charge in [-0.15, -0.1) is 0 Å². The van der Waals surface area contributed by atoms with Gasteiger partial charge in [-0.2, -0.15) is 0 Å². The molecule has 1 heterocycles. The number of rotatable bonds is 6. The molecule has 0 spiro atoms. The van der Waals surface area contributed by atoms with E-state index in [1.807, 2.05) is 6.92 Å². The van der Waals surface area contributed by atoms with Crippen LogP contribution in [0.5, 0.6) is 0 Å². The Balaban J connectivity index is 2.43. The first kappa shape index (κ1) is 16.3. The molecule has 0 aliphatic carbocycles. The van der Waals surface area contributed by atoms with Gasteiger partial charge in [0.25, 0.3) is 0 Å². The molecule has 7 heteroatoms. The van der Waals surface area contributed by atoms with Crippen LogP contribution < -0.4 is 10.6 Å². The summed E-state index contributed by atoms with van der Waals surface area (Å²) in [5.41, 5.74) is -0.802. The van der Waals surface area contributed by atoms with Gasteiger partial charge in [0.15, 0.2) is 0 Å². The summed E-state index contributed by atoms with van der Waals surface area (Å²) in [7, 11) is 0. The topological polar surface area (TPSA) is 98.7 Å². The predicted octanol–water partition coefficient (Wildman–Crippen LogP) is 0.409. The molecule has 1 aliphatic rings. The third kappa shape index (κ3) is 4.11. The molecule has 1 unspecified atom stereocenters. The molecule has 0 saturated carbocycles. The van der Waals surface area contributed by atoms with Gasteiger partial charge in [0, 0.05) is 33.1 Å². The molecule has 1 aliphatic heterocycles. The largest absolute Gasteiger partial charge is 0.481 e. The van der Waals surface area contributed by atoms with E-state index in [1.54, 1.807) is 0 Å². The van der Waals surface area contributed by atoms with Gasteiger partial charge in [0.1, 0.15) is 0 Å². The maximum Gasteiger partial charge on any atom is 0.317 e. The average Bonchev–Trinajstić information content (AvgIpc) is 2.80. The standard InChI is InChI=1S/C13H23N3O4/c1-3-4-13(11(18)19)5-8-16(9-13)12(20)15-7-6-14-10(2)17/h3-9H2,1-2H3,(H,14,17)(H,15,20)(H,18,19). The van der Waals surface area contributed by atoms with Crippen molar-refractivity contribution in [1.82, 2.24) is 15.5 Å². The molecule has 0 aromatic carbocycles. The monoisotopic (exact) mass is 285 g/mol. The van der Waals surface area contributed by atoms with Gasteiger partial charge < -0.3 is 20.6 Å². The molecule has 1 rings (SSSR count). The predicted molar refractivity (Wildman–Crippen MR) is 73.2 cm³/mol. The van der Waals surface area contributed by atoms with E-state index >= 15 is 0 Å². The van der Waals surface area contributed by atoms with E-state index < -0.39 is 11.4 Å². The number of nitrogens with one attached hydrogen (secondary N) is 2. The molecule has 3 N–H and O–H groups in total. The summed E-state index contributed by atoms with van der Waals surface area (Å²) in [6.45, 7) is 4.77. The molecule has 0 aromatic heterocycles. The summed E-state index contributed by atoms with van der Waals surface area (Å²) in [5, 5.41) is 14.6. The van der Waals surface area contributed by atoms with Crippen molar-refractivity contribution >= 4 is 17.9 Å². The minimum absolute atomic E-state index is 0.145. The second-order valence-corrected chi connectivity index (χ2v) is 5.22. The number of carboxylic acid groups (broad SMARTS) is 1. The van der Waals surface area contributed by atoms with Crippen LogP contribution in [-0.2, 0) is 9.59 Å². The van der Waals surface area contributed by atoms with Crippen LogP contribution in [0.3, 0.4) is 0 Å². The number of carboxylic acids is 1. The van der Waals surface area contributed by atoms with Gasteiger partial charge >= 0.3 is 12.0 Å². The lowest BCUT2D eigenvalue weighted by atomic mass is 9.83. The van der Waals surface area contributed by atoms with Gasteiger partial charge in [0.2, 0.25) is 5.91 Å². The number of amides is 3. The summed E-state index contributed by atoms with van der Waals surface area (Å²) >= 11 is 0. The molecule has 1 atom stereocenters. The fourth-order valence-corrected chi connectivity index (χ4v) is 2.53. The molecular formula is C13H23N3O4. The Bertz CT molecular complexity index is 386. The molecule has 0 radical (unpaired) electrons. The van der Waals surface area contributed by atoms with Crippen molar-refractivity contribution in [2.75, 3.05) is 26.2 Å². The lowest BCUT2D eigenvalue weighted by molar-refractivity contribution is -0.148. The Kier molecular flexibility index (Phi) is 5.79. The molecule has 0 bridgehead atoms. The molecule has 1 saturated heterocycles. The van der Waals surface area contributed by atoms with E-state index in [1.165, 1.54) is 11.8 Å². The van der Waals surface area contributed by atoms with E-state index in [4.69, 9.17) is 0 Å². The van der Waals surface area contributed by atoms with Gasteiger partial charge in [-0.1, -0.05) is 13.3 Å². The maximum absolute atomic E-state index is 11.9. The van der Waals surface area contributed by atoms with Crippen LogP contribution in [0.4, 0.5) is 4.79 Å². The Morgan fingerprint density at radius 1 is 1.25 bits per heavy atom. The SMILES string of the molecule is CCCC1(C(=O)O)CCN(C(=O)NCCNC(C)=O)C1. The molecule has 3 amide bonds. The van der Waals surface area contributed by atoms with Gasteiger partial charge in [-0.05, 0) is 12.8 Å². The zero-order valence-corrected chi connectivity index (χ0v) is 12.1. The van der Waals surface area contributed by atoms with Crippen molar-refractivity contribution < 1.29 is 19.5 Å². The molecule has 1 fully saturated rings. The highest BCUT2D eigenvalue weighted by molar-refractivity contribution is 5.79. The third-order valence-electron chi connectivity index (χ3n) is 3.60. The third-order valence-corrected chi connectivity index (χ3v) is 3.60. The number of hydrogen-bond acceptors (Lipinski definition) is 3. The number of hydrogen-bond donors (Lipinski definition) is 3. The van der Waals surface area contributed by atoms with E-state index in [2.05, 4.69) is 10.6 Å². The van der Waals surface area contributed by atoms with Crippen LogP contribution in [-0.4, -0.2) is 54.1 Å². The van der Waals surface area contributed by atoms with Crippen molar-refractivity contribution in [3.8, 4) is 0 Å². The van der Waals surface area contributed by atoms with Gasteiger partial charge in [0.05, 0.1) is 5.41 Å². The second-order valence-electron chi connectivity index (χ2n) is 5.22. The maximum atomic E-state index is 11.9. The molecule has 20 heavy (non-hydrogen) atoms. The number of carbonyl (C=O) groups is 3. The summed E-state index contributed by atoms with van der Waals surface area (Å²) < 4.78 is 0. The number of likely N-dealkylation sites (tertiary alicyclic amines) is 1. The minimum atomic E-state index is -0.826. The van der Waals surface area contributed by atoms with Crippen LogP contribution >= 0.6 is 0 Å². The quantitative estimate of drug-likeness (QED) is 0.615. The van der Waals surface area contributed by atoms with Crippen molar-refractivity contribution in [2.24, 2.45) is 5.41 Å². The second kappa shape index (κ2) is 7.12.